The molecular formula is C30H36Cl2F3N5O3. The van der Waals surface area contributed by atoms with E-state index < -0.39 is 17.8 Å². The summed E-state index contributed by atoms with van der Waals surface area (Å²) in [6, 6.07) is 11.6. The highest BCUT2D eigenvalue weighted by Gasteiger charge is 2.30. The molecule has 1 aliphatic heterocycles. The number of halogens is 5. The zero-order valence-electron chi connectivity index (χ0n) is 24.1. The zero-order valence-corrected chi connectivity index (χ0v) is 25.6. The van der Waals surface area contributed by atoms with Crippen LogP contribution in [0.5, 0.6) is 5.75 Å². The summed E-state index contributed by atoms with van der Waals surface area (Å²) in [7, 11) is 0. The molecule has 1 aliphatic rings. The second-order valence-corrected chi connectivity index (χ2v) is 12.0. The molecule has 0 unspecified atom stereocenters. The number of aromatic nitrogens is 2. The van der Waals surface area contributed by atoms with Gasteiger partial charge in [-0.3, -0.25) is 14.6 Å². The number of benzene rings is 2. The third-order valence-corrected chi connectivity index (χ3v) is 7.37. The first kappa shape index (κ1) is 33.1. The minimum atomic E-state index is -4.41. The van der Waals surface area contributed by atoms with Gasteiger partial charge in [-0.2, -0.15) is 18.3 Å². The molecule has 0 radical (unpaired) electrons. The molecule has 3 aromatic rings. The van der Waals surface area contributed by atoms with Gasteiger partial charge in [0.05, 0.1) is 30.0 Å². The van der Waals surface area contributed by atoms with Crippen LogP contribution in [0.15, 0.2) is 48.5 Å². The van der Waals surface area contributed by atoms with Crippen molar-refractivity contribution in [3.63, 3.8) is 0 Å². The number of hydrogen-bond acceptors (Lipinski definition) is 6. The van der Waals surface area contributed by atoms with E-state index >= 15 is 0 Å². The number of ether oxygens (including phenoxy) is 1. The van der Waals surface area contributed by atoms with Gasteiger partial charge >= 0.3 is 6.18 Å². The maximum Gasteiger partial charge on any atom is 0.416 e. The summed E-state index contributed by atoms with van der Waals surface area (Å²) in [5.74, 6) is 0.558. The summed E-state index contributed by atoms with van der Waals surface area (Å²) in [6.45, 7) is 7.75. The Morgan fingerprint density at radius 1 is 1.02 bits per heavy atom. The molecule has 0 bridgehead atoms. The summed E-state index contributed by atoms with van der Waals surface area (Å²) in [5, 5.41) is 19.1. The van der Waals surface area contributed by atoms with E-state index in [1.165, 1.54) is 12.1 Å². The Kier molecular flexibility index (Phi) is 11.4. The average molecular weight is 643 g/mol. The highest BCUT2D eigenvalue weighted by molar-refractivity contribution is 6.34. The van der Waals surface area contributed by atoms with Crippen molar-refractivity contribution in [3.05, 3.63) is 75.5 Å². The van der Waals surface area contributed by atoms with Crippen molar-refractivity contribution in [1.82, 2.24) is 24.9 Å². The monoisotopic (exact) mass is 641 g/mol. The minimum absolute atomic E-state index is 0.0347. The number of piperazine rings is 1. The molecule has 2 aromatic carbocycles. The number of amides is 1. The molecule has 43 heavy (non-hydrogen) atoms. The van der Waals surface area contributed by atoms with Gasteiger partial charge in [-0.25, -0.2) is 4.68 Å². The van der Waals surface area contributed by atoms with Crippen molar-refractivity contribution in [3.8, 4) is 11.4 Å². The van der Waals surface area contributed by atoms with Crippen LogP contribution in [0.1, 0.15) is 30.8 Å². The molecule has 1 amide bonds. The molecule has 234 valence electrons. The molecule has 13 heteroatoms. The van der Waals surface area contributed by atoms with Crippen LogP contribution >= 0.6 is 23.2 Å². The lowest BCUT2D eigenvalue weighted by atomic mass is 10.1. The van der Waals surface area contributed by atoms with E-state index in [0.29, 0.717) is 48.7 Å². The number of aliphatic hydroxyl groups is 1. The standard InChI is InChI=1S/C30H36Cl2F3N5O3/c1-20(2)11-25-15-24(37-40(25)26-13-22(31)12-23(32)14-26)16-36-29(42)18-39-9-7-38(8-10-39)17-27(41)19-43-28-5-3-21(4-6-28)30(33,34)35/h3-6,12-15,20,27,41H,7-11,16-19H2,1-2H3,(H,36,42)/t27-/m1/s1. The molecule has 0 aliphatic carbocycles. The third-order valence-electron chi connectivity index (χ3n) is 6.93. The number of carbonyl (C=O) groups is 1. The van der Waals surface area contributed by atoms with Crippen LogP contribution in [0, 0.1) is 5.92 Å². The van der Waals surface area contributed by atoms with E-state index in [4.69, 9.17) is 33.0 Å². The molecule has 1 aromatic heterocycles. The second-order valence-electron chi connectivity index (χ2n) is 11.1. The summed E-state index contributed by atoms with van der Waals surface area (Å²) in [4.78, 5) is 16.8. The third kappa shape index (κ3) is 10.1. The lowest BCUT2D eigenvalue weighted by Crippen LogP contribution is -2.51. The van der Waals surface area contributed by atoms with E-state index in [1.807, 2.05) is 15.6 Å². The van der Waals surface area contributed by atoms with Gasteiger partial charge in [-0.05, 0) is 60.9 Å². The number of β-amino-alcohol motifs (C(OH)–C–C–N with tert-alkyl or cyclic N) is 1. The fourth-order valence-corrected chi connectivity index (χ4v) is 5.39. The molecule has 1 saturated heterocycles. The van der Waals surface area contributed by atoms with Crippen LogP contribution in [0.4, 0.5) is 13.2 Å². The van der Waals surface area contributed by atoms with Crippen molar-refractivity contribution in [1.29, 1.82) is 0 Å². The van der Waals surface area contributed by atoms with Gasteiger partial charge in [0.2, 0.25) is 5.91 Å². The number of nitrogens with one attached hydrogen (secondary N) is 1. The first-order valence-electron chi connectivity index (χ1n) is 14.1. The largest absolute Gasteiger partial charge is 0.491 e. The van der Waals surface area contributed by atoms with Gasteiger partial charge in [0.1, 0.15) is 18.5 Å². The van der Waals surface area contributed by atoms with Crippen LogP contribution in [0.3, 0.4) is 0 Å². The minimum Gasteiger partial charge on any atom is -0.491 e. The highest BCUT2D eigenvalue weighted by atomic mass is 35.5. The topological polar surface area (TPSA) is 82.9 Å². The smallest absolute Gasteiger partial charge is 0.416 e. The fraction of sp³-hybridized carbons (Fsp3) is 0.467. The van der Waals surface area contributed by atoms with E-state index in [-0.39, 0.29) is 31.4 Å². The summed E-state index contributed by atoms with van der Waals surface area (Å²) in [6.07, 6.45) is -4.42. The number of rotatable bonds is 12. The first-order valence-corrected chi connectivity index (χ1v) is 14.8. The second kappa shape index (κ2) is 14.8. The summed E-state index contributed by atoms with van der Waals surface area (Å²) < 4.78 is 45.4. The molecule has 0 saturated carbocycles. The summed E-state index contributed by atoms with van der Waals surface area (Å²) >= 11 is 12.4. The Balaban J connectivity index is 1.20. The molecule has 2 N–H and O–H groups in total. The Hall–Kier alpha value is -2.83. The number of alkyl halides is 3. The predicted octanol–water partition coefficient (Wildman–Crippen LogP) is 5.07. The molecule has 2 heterocycles. The summed E-state index contributed by atoms with van der Waals surface area (Å²) in [5.41, 5.74) is 1.75. The van der Waals surface area contributed by atoms with Crippen molar-refractivity contribution < 1.29 is 27.8 Å². The van der Waals surface area contributed by atoms with Gasteiger partial charge < -0.3 is 15.2 Å². The Morgan fingerprint density at radius 3 is 2.26 bits per heavy atom. The Bertz CT molecular complexity index is 1340. The van der Waals surface area contributed by atoms with Gasteiger partial charge in [0.25, 0.3) is 0 Å². The maximum atomic E-state index is 12.7. The van der Waals surface area contributed by atoms with Gasteiger partial charge in [-0.1, -0.05) is 37.0 Å². The number of carbonyl (C=O) groups excluding carboxylic acids is 1. The highest BCUT2D eigenvalue weighted by Crippen LogP contribution is 2.30. The Labute approximate surface area is 259 Å². The van der Waals surface area contributed by atoms with Crippen molar-refractivity contribution in [2.75, 3.05) is 45.9 Å². The number of hydrogen-bond donors (Lipinski definition) is 2. The number of nitrogens with zero attached hydrogens (tertiary/aromatic N) is 4. The predicted molar refractivity (Wildman–Crippen MR) is 160 cm³/mol. The van der Waals surface area contributed by atoms with Crippen LogP contribution in [-0.4, -0.2) is 82.6 Å². The van der Waals surface area contributed by atoms with Crippen molar-refractivity contribution in [2.45, 2.75) is 39.1 Å². The van der Waals surface area contributed by atoms with Crippen molar-refractivity contribution in [2.24, 2.45) is 5.92 Å². The normalized spacial score (nSPS) is 15.6. The molecule has 1 atom stereocenters. The lowest BCUT2D eigenvalue weighted by molar-refractivity contribution is -0.137. The SMILES string of the molecule is CC(C)Cc1cc(CNC(=O)CN2CCN(C[C@@H](O)COc3ccc(C(F)(F)F)cc3)CC2)nn1-c1cc(Cl)cc(Cl)c1. The maximum absolute atomic E-state index is 12.7. The first-order chi connectivity index (χ1) is 20.4. The van der Waals surface area contributed by atoms with E-state index in [1.54, 1.807) is 18.2 Å². The molecule has 1 fully saturated rings. The fourth-order valence-electron chi connectivity index (χ4n) is 4.87. The van der Waals surface area contributed by atoms with Gasteiger partial charge in [0.15, 0.2) is 0 Å². The molecule has 4 rings (SSSR count). The quantitative estimate of drug-likeness (QED) is 0.287. The molecule has 0 spiro atoms. The number of aliphatic hydroxyl groups excluding tert-OH is 1. The van der Waals surface area contributed by atoms with E-state index in [0.717, 1.165) is 35.6 Å². The molecular weight excluding hydrogens is 606 g/mol. The van der Waals surface area contributed by atoms with E-state index in [2.05, 4.69) is 24.1 Å². The Morgan fingerprint density at radius 2 is 1.65 bits per heavy atom. The lowest BCUT2D eigenvalue weighted by Gasteiger charge is -2.35. The van der Waals surface area contributed by atoms with Gasteiger partial charge in [-0.15, -0.1) is 0 Å². The zero-order chi connectivity index (χ0) is 31.1. The van der Waals surface area contributed by atoms with Crippen molar-refractivity contribution >= 4 is 29.1 Å². The van der Waals surface area contributed by atoms with Crippen LogP contribution in [-0.2, 0) is 23.9 Å². The van der Waals surface area contributed by atoms with E-state index in [9.17, 15) is 23.1 Å². The van der Waals surface area contributed by atoms with Crippen LogP contribution in [0.25, 0.3) is 5.69 Å². The van der Waals surface area contributed by atoms with Gasteiger partial charge in [0, 0.05) is 48.5 Å². The average Bonchev–Trinajstić information content (AvgIpc) is 3.33. The molecule has 8 nitrogen and oxygen atoms in total. The van der Waals surface area contributed by atoms with Crippen LogP contribution < -0.4 is 10.1 Å². The van der Waals surface area contributed by atoms with Crippen LogP contribution in [0.2, 0.25) is 10.0 Å².